The lowest BCUT2D eigenvalue weighted by molar-refractivity contribution is -0.146. The zero-order valence-corrected chi connectivity index (χ0v) is 16.8. The number of nitrogens with one attached hydrogen (secondary N) is 1. The van der Waals surface area contributed by atoms with Crippen molar-refractivity contribution < 1.29 is 28.0 Å². The topological polar surface area (TPSA) is 113 Å². The molecule has 1 saturated heterocycles. The Morgan fingerprint density at radius 2 is 1.79 bits per heavy atom. The predicted octanol–water partition coefficient (Wildman–Crippen LogP) is 2.34. The molecule has 3 rings (SSSR count). The molecule has 9 heteroatoms. The van der Waals surface area contributed by atoms with Crippen LogP contribution in [0.1, 0.15) is 19.8 Å². The quantitative estimate of drug-likeness (QED) is 0.569. The number of hydroxylamine groups is 1. The maximum atomic E-state index is 13.7. The zero-order chi connectivity index (χ0) is 21.2. The van der Waals surface area contributed by atoms with E-state index >= 15 is 0 Å². The van der Waals surface area contributed by atoms with Crippen LogP contribution in [-0.4, -0.2) is 42.3 Å². The predicted molar refractivity (Wildman–Crippen MR) is 104 cm³/mol. The van der Waals surface area contributed by atoms with Crippen molar-refractivity contribution in [1.82, 2.24) is 10.4 Å². The van der Waals surface area contributed by atoms with E-state index in [-0.39, 0.29) is 23.5 Å². The number of likely N-dealkylation sites (tertiary alicyclic amines) is 1. The van der Waals surface area contributed by atoms with Gasteiger partial charge in [-0.3, -0.25) is 14.8 Å². The van der Waals surface area contributed by atoms with Gasteiger partial charge in [0.15, 0.2) is 0 Å². The van der Waals surface area contributed by atoms with Crippen molar-refractivity contribution in [2.75, 3.05) is 7.05 Å². The Kier molecular flexibility index (Phi) is 5.63. The van der Waals surface area contributed by atoms with E-state index in [4.69, 9.17) is 9.94 Å². The molecule has 2 amide bonds. The molecule has 0 bridgehead atoms. The van der Waals surface area contributed by atoms with Crippen molar-refractivity contribution in [2.24, 2.45) is 5.92 Å². The smallest absolute Gasteiger partial charge is 0.247 e. The largest absolute Gasteiger partial charge is 0.456 e. The molecule has 8 nitrogen and oxygen atoms in total. The normalized spacial score (nSPS) is 22.2. The summed E-state index contributed by atoms with van der Waals surface area (Å²) in [5.74, 6) is -1.68. The van der Waals surface area contributed by atoms with Gasteiger partial charge in [0.2, 0.25) is 21.7 Å². The van der Waals surface area contributed by atoms with Gasteiger partial charge in [0, 0.05) is 13.5 Å². The molecule has 2 atom stereocenters. The van der Waals surface area contributed by atoms with E-state index in [1.807, 2.05) is 6.07 Å². The highest BCUT2D eigenvalue weighted by Gasteiger charge is 2.52. The number of benzene rings is 2. The molecule has 2 N–H and O–H groups in total. The minimum Gasteiger partial charge on any atom is -0.456 e. The van der Waals surface area contributed by atoms with E-state index in [0.717, 1.165) is 4.90 Å². The van der Waals surface area contributed by atoms with Gasteiger partial charge in [-0.25, -0.2) is 13.9 Å². The average molecular weight is 418 g/mol. The lowest BCUT2D eigenvalue weighted by atomic mass is 9.90. The van der Waals surface area contributed by atoms with Gasteiger partial charge in [0.1, 0.15) is 21.3 Å². The van der Waals surface area contributed by atoms with Crippen LogP contribution >= 0.6 is 0 Å². The van der Waals surface area contributed by atoms with E-state index in [1.165, 1.54) is 31.6 Å². The molecule has 0 saturated carbocycles. The molecular weight excluding hydrogens is 396 g/mol. The number of nitrogens with zero attached hydrogens (tertiary/aromatic N) is 1. The summed E-state index contributed by atoms with van der Waals surface area (Å²) in [4.78, 5) is 23.7. The molecular formula is C20H22N2O6S. The maximum absolute atomic E-state index is 13.7. The van der Waals surface area contributed by atoms with Gasteiger partial charge in [-0.05, 0) is 37.6 Å². The minimum atomic E-state index is -4.15. The van der Waals surface area contributed by atoms with Crippen molar-refractivity contribution in [3.8, 4) is 11.5 Å². The van der Waals surface area contributed by atoms with E-state index in [2.05, 4.69) is 0 Å². The number of para-hydroxylation sites is 2. The summed E-state index contributed by atoms with van der Waals surface area (Å²) in [5.41, 5.74) is 1.51. The highest BCUT2D eigenvalue weighted by Crippen LogP contribution is 2.42. The Morgan fingerprint density at radius 1 is 1.17 bits per heavy atom. The standard InChI is InChI=1S/C20H22N2O6S/c1-20(13-14(19(24)21-25)12-18(23)22(20)2)29(26,27)17-11-7-6-10-16(17)28-15-8-4-3-5-9-15/h3-11,14,25H,12-13H2,1-2H3,(H,21,24). The third-order valence-electron chi connectivity index (χ3n) is 5.30. The summed E-state index contributed by atoms with van der Waals surface area (Å²) in [5, 5.41) is 8.94. The highest BCUT2D eigenvalue weighted by molar-refractivity contribution is 7.92. The summed E-state index contributed by atoms with van der Waals surface area (Å²) in [7, 11) is -2.75. The molecule has 1 heterocycles. The van der Waals surface area contributed by atoms with E-state index in [9.17, 15) is 18.0 Å². The summed E-state index contributed by atoms with van der Waals surface area (Å²) in [6, 6.07) is 14.9. The van der Waals surface area contributed by atoms with Crippen LogP contribution in [0.2, 0.25) is 0 Å². The van der Waals surface area contributed by atoms with Gasteiger partial charge in [-0.2, -0.15) is 0 Å². The second-order valence-corrected chi connectivity index (χ2v) is 9.40. The fourth-order valence-corrected chi connectivity index (χ4v) is 5.44. The molecule has 2 aromatic rings. The Balaban J connectivity index is 2.06. The highest BCUT2D eigenvalue weighted by atomic mass is 32.2. The van der Waals surface area contributed by atoms with E-state index in [0.29, 0.717) is 5.75 Å². The molecule has 154 valence electrons. The second kappa shape index (κ2) is 7.84. The van der Waals surface area contributed by atoms with Gasteiger partial charge in [0.25, 0.3) is 0 Å². The number of hydrogen-bond donors (Lipinski definition) is 2. The van der Waals surface area contributed by atoms with Crippen LogP contribution in [0.3, 0.4) is 0 Å². The molecule has 29 heavy (non-hydrogen) atoms. The van der Waals surface area contributed by atoms with Crippen LogP contribution in [-0.2, 0) is 19.4 Å². The first-order chi connectivity index (χ1) is 13.7. The summed E-state index contributed by atoms with van der Waals surface area (Å²) in [6.07, 6.45) is -0.347. The Labute approximate surface area is 169 Å². The van der Waals surface area contributed by atoms with Gasteiger partial charge in [-0.1, -0.05) is 30.3 Å². The van der Waals surface area contributed by atoms with Crippen molar-refractivity contribution in [3.63, 3.8) is 0 Å². The Hall–Kier alpha value is -2.91. The molecule has 2 unspecified atom stereocenters. The van der Waals surface area contributed by atoms with E-state index in [1.54, 1.807) is 36.4 Å². The first kappa shape index (κ1) is 20.8. The van der Waals surface area contributed by atoms with Crippen LogP contribution < -0.4 is 10.2 Å². The molecule has 1 fully saturated rings. The molecule has 2 aromatic carbocycles. The first-order valence-electron chi connectivity index (χ1n) is 8.98. The number of rotatable bonds is 5. The fourth-order valence-electron chi connectivity index (χ4n) is 3.45. The number of carbonyl (C=O) groups is 2. The maximum Gasteiger partial charge on any atom is 0.247 e. The SMILES string of the molecule is CN1C(=O)CC(C(=O)NO)CC1(C)S(=O)(=O)c1ccccc1Oc1ccccc1. The number of ether oxygens (including phenoxy) is 1. The first-order valence-corrected chi connectivity index (χ1v) is 10.5. The van der Waals surface area contributed by atoms with Crippen LogP contribution in [0.5, 0.6) is 11.5 Å². The van der Waals surface area contributed by atoms with Crippen molar-refractivity contribution in [1.29, 1.82) is 0 Å². The van der Waals surface area contributed by atoms with E-state index < -0.39 is 32.4 Å². The summed E-state index contributed by atoms with van der Waals surface area (Å²) >= 11 is 0. The Morgan fingerprint density at radius 3 is 2.45 bits per heavy atom. The second-order valence-electron chi connectivity index (χ2n) is 7.07. The van der Waals surface area contributed by atoms with Crippen LogP contribution in [0.15, 0.2) is 59.5 Å². The fraction of sp³-hybridized carbons (Fsp3) is 0.300. The summed E-state index contributed by atoms with van der Waals surface area (Å²) < 4.78 is 33.1. The Bertz CT molecular complexity index is 1020. The monoisotopic (exact) mass is 418 g/mol. The van der Waals surface area contributed by atoms with Gasteiger partial charge < -0.3 is 9.64 Å². The van der Waals surface area contributed by atoms with Crippen LogP contribution in [0, 0.1) is 5.92 Å². The molecule has 0 aliphatic carbocycles. The van der Waals surface area contributed by atoms with Crippen molar-refractivity contribution in [2.45, 2.75) is 29.5 Å². The zero-order valence-electron chi connectivity index (χ0n) is 16.0. The van der Waals surface area contributed by atoms with Gasteiger partial charge >= 0.3 is 0 Å². The number of hydrogen-bond acceptors (Lipinski definition) is 6. The van der Waals surface area contributed by atoms with Gasteiger partial charge in [0.05, 0.1) is 5.92 Å². The third-order valence-corrected chi connectivity index (χ3v) is 7.81. The lowest BCUT2D eigenvalue weighted by Gasteiger charge is -2.44. The summed E-state index contributed by atoms with van der Waals surface area (Å²) in [6.45, 7) is 1.40. The van der Waals surface area contributed by atoms with Gasteiger partial charge in [-0.15, -0.1) is 0 Å². The average Bonchev–Trinajstić information content (AvgIpc) is 2.72. The lowest BCUT2D eigenvalue weighted by Crippen LogP contribution is -2.59. The van der Waals surface area contributed by atoms with Crippen LogP contribution in [0.4, 0.5) is 0 Å². The minimum absolute atomic E-state index is 0.0870. The van der Waals surface area contributed by atoms with Crippen molar-refractivity contribution in [3.05, 3.63) is 54.6 Å². The number of carbonyl (C=O) groups excluding carboxylic acids is 2. The number of piperidine rings is 1. The van der Waals surface area contributed by atoms with Crippen molar-refractivity contribution >= 4 is 21.7 Å². The number of amides is 2. The van der Waals surface area contributed by atoms with Crippen LogP contribution in [0.25, 0.3) is 0 Å². The molecule has 0 aromatic heterocycles. The molecule has 0 spiro atoms. The molecule has 0 radical (unpaired) electrons. The molecule has 1 aliphatic rings. The number of sulfone groups is 1. The molecule has 1 aliphatic heterocycles. The third kappa shape index (κ3) is 3.70.